The third-order valence-corrected chi connectivity index (χ3v) is 3.69. The fraction of sp³-hybridized carbons (Fsp3) is 0.200. The van der Waals surface area contributed by atoms with E-state index >= 15 is 0 Å². The summed E-state index contributed by atoms with van der Waals surface area (Å²) >= 11 is 0. The number of hydrogen-bond acceptors (Lipinski definition) is 6. The van der Waals surface area contributed by atoms with Gasteiger partial charge in [-0.2, -0.15) is 0 Å². The lowest BCUT2D eigenvalue weighted by Gasteiger charge is -2.04. The van der Waals surface area contributed by atoms with E-state index in [-0.39, 0.29) is 4.90 Å². The van der Waals surface area contributed by atoms with Gasteiger partial charge in [0.25, 0.3) is 5.04 Å². The van der Waals surface area contributed by atoms with Gasteiger partial charge in [0.15, 0.2) is 0 Å². The predicted octanol–water partition coefficient (Wildman–Crippen LogP) is 0.729. The van der Waals surface area contributed by atoms with Crippen molar-refractivity contribution in [3.8, 4) is 0 Å². The number of benzene rings is 1. The second-order valence-corrected chi connectivity index (χ2v) is 5.08. The molecule has 0 aliphatic heterocycles. The minimum absolute atomic E-state index is 0.138. The first kappa shape index (κ1) is 13.2. The minimum Gasteiger partial charge on any atom is -0.464 e. The second-order valence-electron chi connectivity index (χ2n) is 3.21. The van der Waals surface area contributed by atoms with Crippen molar-refractivity contribution in [1.82, 2.24) is 0 Å². The molecular weight excluding hydrogens is 246 g/mol. The summed E-state index contributed by atoms with van der Waals surface area (Å²) in [6.45, 7) is 1.79. The van der Waals surface area contributed by atoms with Gasteiger partial charge in [-0.25, -0.2) is 13.2 Å². The first-order valence-corrected chi connectivity index (χ1v) is 6.04. The highest BCUT2D eigenvalue weighted by Gasteiger charge is 2.30. The first-order valence-electron chi connectivity index (χ1n) is 4.55. The molecule has 0 radical (unpaired) electrons. The largest absolute Gasteiger partial charge is 0.464 e. The normalized spacial score (nSPS) is 12.2. The Hall–Kier alpha value is -1.89. The van der Waals surface area contributed by atoms with E-state index < -0.39 is 20.9 Å². The van der Waals surface area contributed by atoms with Crippen LogP contribution in [-0.2, 0) is 19.4 Å². The van der Waals surface area contributed by atoms with Crippen LogP contribution in [0.15, 0.2) is 34.3 Å². The van der Waals surface area contributed by atoms with Crippen LogP contribution in [0.4, 0.5) is 0 Å². The fourth-order valence-electron chi connectivity index (χ4n) is 1.12. The molecule has 0 unspecified atom stereocenters. The standard InChI is InChI=1S/C10H11NO5S/c1-7-3-5-8(6-4-7)17(14,15)9(11-13)10(12)16-2/h3-6,13H,1-2H3/b11-9-. The van der Waals surface area contributed by atoms with E-state index in [0.717, 1.165) is 12.7 Å². The van der Waals surface area contributed by atoms with E-state index in [2.05, 4.69) is 9.89 Å². The molecule has 0 aromatic heterocycles. The molecule has 17 heavy (non-hydrogen) atoms. The van der Waals surface area contributed by atoms with Crippen molar-refractivity contribution in [2.45, 2.75) is 11.8 Å². The summed E-state index contributed by atoms with van der Waals surface area (Å²) in [6.07, 6.45) is 0. The van der Waals surface area contributed by atoms with Crippen LogP contribution in [0, 0.1) is 6.92 Å². The Morgan fingerprint density at radius 2 is 1.82 bits per heavy atom. The minimum atomic E-state index is -4.15. The van der Waals surface area contributed by atoms with Gasteiger partial charge in [0.1, 0.15) is 0 Å². The molecule has 6 nitrogen and oxygen atoms in total. The number of aryl methyl sites for hydroxylation is 1. The van der Waals surface area contributed by atoms with E-state index in [1.807, 2.05) is 0 Å². The van der Waals surface area contributed by atoms with Crippen molar-refractivity contribution < 1.29 is 23.2 Å². The van der Waals surface area contributed by atoms with Crippen LogP contribution < -0.4 is 0 Å². The van der Waals surface area contributed by atoms with Gasteiger partial charge in [0, 0.05) is 0 Å². The first-order chi connectivity index (χ1) is 7.93. The van der Waals surface area contributed by atoms with Gasteiger partial charge in [0.2, 0.25) is 9.84 Å². The average molecular weight is 257 g/mol. The molecule has 0 atom stereocenters. The molecule has 0 heterocycles. The van der Waals surface area contributed by atoms with Gasteiger partial charge in [-0.3, -0.25) is 0 Å². The molecule has 0 aliphatic carbocycles. The predicted molar refractivity (Wildman–Crippen MR) is 59.6 cm³/mol. The molecule has 0 fully saturated rings. The van der Waals surface area contributed by atoms with E-state index in [9.17, 15) is 13.2 Å². The molecule has 1 N–H and O–H groups in total. The maximum absolute atomic E-state index is 11.9. The summed E-state index contributed by atoms with van der Waals surface area (Å²) in [5.74, 6) is -1.21. The molecule has 92 valence electrons. The van der Waals surface area contributed by atoms with Gasteiger partial charge in [-0.15, -0.1) is 0 Å². The Balaban J connectivity index is 3.28. The van der Waals surface area contributed by atoms with E-state index in [1.165, 1.54) is 12.1 Å². The molecule has 7 heteroatoms. The number of methoxy groups -OCH3 is 1. The van der Waals surface area contributed by atoms with Crippen molar-refractivity contribution in [3.05, 3.63) is 29.8 Å². The summed E-state index contributed by atoms with van der Waals surface area (Å²) in [4.78, 5) is 11.0. The second kappa shape index (κ2) is 4.96. The van der Waals surface area contributed by atoms with Crippen LogP contribution in [0.2, 0.25) is 0 Å². The molecular formula is C10H11NO5S. The van der Waals surface area contributed by atoms with E-state index in [0.29, 0.717) is 0 Å². The summed E-state index contributed by atoms with van der Waals surface area (Å²) in [7, 11) is -3.16. The molecule has 0 aliphatic rings. The Kier molecular flexibility index (Phi) is 3.84. The Labute approximate surface area is 98.4 Å². The summed E-state index contributed by atoms with van der Waals surface area (Å²) < 4.78 is 28.0. The summed E-state index contributed by atoms with van der Waals surface area (Å²) in [5.41, 5.74) is 0.865. The Morgan fingerprint density at radius 3 is 2.24 bits per heavy atom. The fourth-order valence-corrected chi connectivity index (χ4v) is 2.25. The maximum Gasteiger partial charge on any atom is 0.372 e. The zero-order chi connectivity index (χ0) is 13.1. The van der Waals surface area contributed by atoms with Gasteiger partial charge in [0.05, 0.1) is 12.0 Å². The number of esters is 1. The van der Waals surface area contributed by atoms with E-state index in [4.69, 9.17) is 5.21 Å². The Bertz CT molecular complexity index is 545. The third-order valence-electron chi connectivity index (χ3n) is 2.04. The van der Waals surface area contributed by atoms with Crippen molar-refractivity contribution in [3.63, 3.8) is 0 Å². The molecule has 0 saturated heterocycles. The highest BCUT2D eigenvalue weighted by molar-refractivity contribution is 8.08. The number of carbonyl (C=O) groups excluding carboxylic acids is 1. The molecule has 1 aromatic carbocycles. The molecule has 0 saturated carbocycles. The number of ether oxygens (including phenoxy) is 1. The number of hydrogen-bond donors (Lipinski definition) is 1. The lowest BCUT2D eigenvalue weighted by Crippen LogP contribution is -2.25. The number of sulfone groups is 1. The van der Waals surface area contributed by atoms with Crippen molar-refractivity contribution in [2.75, 3.05) is 7.11 Å². The summed E-state index contributed by atoms with van der Waals surface area (Å²) in [5, 5.41) is 10.0. The van der Waals surface area contributed by atoms with Gasteiger partial charge < -0.3 is 9.94 Å². The molecule has 1 aromatic rings. The maximum atomic E-state index is 11.9. The zero-order valence-electron chi connectivity index (χ0n) is 9.25. The molecule has 0 amide bonds. The van der Waals surface area contributed by atoms with Crippen molar-refractivity contribution >= 4 is 20.9 Å². The Morgan fingerprint density at radius 1 is 1.29 bits per heavy atom. The molecule has 1 rings (SSSR count). The van der Waals surface area contributed by atoms with Gasteiger partial charge in [-0.05, 0) is 19.1 Å². The zero-order valence-corrected chi connectivity index (χ0v) is 10.1. The van der Waals surface area contributed by atoms with Crippen LogP contribution in [0.25, 0.3) is 0 Å². The molecule has 0 bridgehead atoms. The SMILES string of the molecule is COC(=O)/C(=N/O)S(=O)(=O)c1ccc(C)cc1. The highest BCUT2D eigenvalue weighted by atomic mass is 32.2. The van der Waals surface area contributed by atoms with Gasteiger partial charge >= 0.3 is 5.97 Å². The number of rotatable bonds is 1. The monoisotopic (exact) mass is 257 g/mol. The third kappa shape index (κ3) is 2.62. The molecule has 0 spiro atoms. The van der Waals surface area contributed by atoms with E-state index in [1.54, 1.807) is 19.1 Å². The van der Waals surface area contributed by atoms with Crippen molar-refractivity contribution in [2.24, 2.45) is 5.16 Å². The highest BCUT2D eigenvalue weighted by Crippen LogP contribution is 2.14. The lowest BCUT2D eigenvalue weighted by atomic mass is 10.2. The lowest BCUT2D eigenvalue weighted by molar-refractivity contribution is -0.132. The van der Waals surface area contributed by atoms with Crippen LogP contribution in [0.1, 0.15) is 5.56 Å². The van der Waals surface area contributed by atoms with Gasteiger partial charge in [-0.1, -0.05) is 22.9 Å². The van der Waals surface area contributed by atoms with Crippen LogP contribution in [-0.4, -0.2) is 31.7 Å². The summed E-state index contributed by atoms with van der Waals surface area (Å²) in [6, 6.07) is 5.77. The number of nitrogens with zero attached hydrogens (tertiary/aromatic N) is 1. The quantitative estimate of drug-likeness (QED) is 0.263. The van der Waals surface area contributed by atoms with Crippen LogP contribution in [0.3, 0.4) is 0 Å². The smallest absolute Gasteiger partial charge is 0.372 e. The average Bonchev–Trinajstić information content (AvgIpc) is 2.29. The van der Waals surface area contributed by atoms with Crippen LogP contribution in [0.5, 0.6) is 0 Å². The number of carbonyl (C=O) groups is 1. The van der Waals surface area contributed by atoms with Crippen LogP contribution >= 0.6 is 0 Å². The number of oxime groups is 1. The topological polar surface area (TPSA) is 93.0 Å². The van der Waals surface area contributed by atoms with Crippen molar-refractivity contribution in [1.29, 1.82) is 0 Å².